The Bertz CT molecular complexity index is 144. The van der Waals surface area contributed by atoms with E-state index < -0.39 is 0 Å². The van der Waals surface area contributed by atoms with Crippen molar-refractivity contribution >= 4 is 0 Å². The minimum atomic E-state index is 0.793. The monoisotopic (exact) mass is 150 g/mol. The van der Waals surface area contributed by atoms with Crippen LogP contribution in [0.5, 0.6) is 0 Å². The molecule has 0 heterocycles. The van der Waals surface area contributed by atoms with Crippen molar-refractivity contribution in [1.82, 2.24) is 0 Å². The van der Waals surface area contributed by atoms with Gasteiger partial charge in [0.05, 0.1) is 0 Å². The first kappa shape index (κ1) is 8.58. The molecule has 1 rings (SSSR count). The third kappa shape index (κ3) is 2.53. The lowest BCUT2D eigenvalue weighted by molar-refractivity contribution is 0.638. The van der Waals surface area contributed by atoms with Gasteiger partial charge < -0.3 is 0 Å². The summed E-state index contributed by atoms with van der Waals surface area (Å²) in [5.41, 5.74) is 0. The summed E-state index contributed by atoms with van der Waals surface area (Å²) < 4.78 is 0. The van der Waals surface area contributed by atoms with Crippen LogP contribution in [0.25, 0.3) is 0 Å². The average Bonchev–Trinajstić information content (AvgIpc) is 2.48. The van der Waals surface area contributed by atoms with E-state index in [0.29, 0.717) is 0 Å². The smallest absolute Gasteiger partial charge is 0.0228 e. The van der Waals surface area contributed by atoms with Crippen LogP contribution in [-0.4, -0.2) is 0 Å². The van der Waals surface area contributed by atoms with Crippen molar-refractivity contribution in [3.63, 3.8) is 0 Å². The van der Waals surface area contributed by atoms with Crippen LogP contribution < -0.4 is 0 Å². The molecule has 0 spiro atoms. The molecular weight excluding hydrogens is 132 g/mol. The summed E-state index contributed by atoms with van der Waals surface area (Å²) in [6, 6.07) is 0. The highest BCUT2D eigenvalue weighted by molar-refractivity contribution is 4.96. The molecule has 0 N–H and O–H groups in total. The lowest BCUT2D eigenvalue weighted by Gasteiger charge is -2.01. The summed E-state index contributed by atoms with van der Waals surface area (Å²) in [4.78, 5) is 0. The standard InChI is InChI=1S/C11H18/c1-3-5-6-11-8-7-10(4-2)9-11/h4-6,10-11H,2-3,7-9H2,1H3/b6-5-. The Morgan fingerprint density at radius 1 is 1.36 bits per heavy atom. The van der Waals surface area contributed by atoms with Crippen molar-refractivity contribution in [3.05, 3.63) is 24.8 Å². The van der Waals surface area contributed by atoms with E-state index >= 15 is 0 Å². The van der Waals surface area contributed by atoms with Gasteiger partial charge in [-0.3, -0.25) is 0 Å². The maximum atomic E-state index is 3.83. The van der Waals surface area contributed by atoms with Crippen molar-refractivity contribution in [2.75, 3.05) is 0 Å². The van der Waals surface area contributed by atoms with Gasteiger partial charge in [0.1, 0.15) is 0 Å². The molecule has 0 aromatic heterocycles. The zero-order valence-corrected chi connectivity index (χ0v) is 7.42. The van der Waals surface area contributed by atoms with Crippen LogP contribution in [0.2, 0.25) is 0 Å². The van der Waals surface area contributed by atoms with Crippen LogP contribution >= 0.6 is 0 Å². The van der Waals surface area contributed by atoms with Gasteiger partial charge in [-0.25, -0.2) is 0 Å². The Hall–Kier alpha value is -0.520. The Morgan fingerprint density at radius 2 is 2.09 bits per heavy atom. The predicted molar refractivity (Wildman–Crippen MR) is 50.5 cm³/mol. The van der Waals surface area contributed by atoms with Gasteiger partial charge in [-0.15, -0.1) is 6.58 Å². The van der Waals surface area contributed by atoms with Crippen LogP contribution in [0.3, 0.4) is 0 Å². The number of rotatable bonds is 3. The third-order valence-corrected chi connectivity index (χ3v) is 2.49. The summed E-state index contributed by atoms with van der Waals surface area (Å²) in [5.74, 6) is 1.64. The summed E-state index contributed by atoms with van der Waals surface area (Å²) in [6.07, 6.45) is 12.0. The topological polar surface area (TPSA) is 0 Å². The molecule has 2 atom stereocenters. The summed E-state index contributed by atoms with van der Waals surface area (Å²) >= 11 is 0. The highest BCUT2D eigenvalue weighted by Crippen LogP contribution is 2.32. The maximum absolute atomic E-state index is 3.83. The Labute approximate surface area is 70.0 Å². The highest BCUT2D eigenvalue weighted by Gasteiger charge is 2.19. The Balaban J connectivity index is 2.29. The van der Waals surface area contributed by atoms with Crippen LogP contribution in [-0.2, 0) is 0 Å². The Kier molecular flexibility index (Phi) is 3.41. The fourth-order valence-electron chi connectivity index (χ4n) is 1.77. The molecule has 0 aromatic rings. The second-order valence-corrected chi connectivity index (χ2v) is 3.41. The molecule has 62 valence electrons. The van der Waals surface area contributed by atoms with Crippen molar-refractivity contribution < 1.29 is 0 Å². The SMILES string of the molecule is C=CC1CCC(/C=C\CC)C1. The molecule has 0 nitrogen and oxygen atoms in total. The molecule has 1 saturated carbocycles. The van der Waals surface area contributed by atoms with Gasteiger partial charge in [-0.05, 0) is 37.5 Å². The van der Waals surface area contributed by atoms with Crippen molar-refractivity contribution in [3.8, 4) is 0 Å². The van der Waals surface area contributed by atoms with Gasteiger partial charge >= 0.3 is 0 Å². The lowest BCUT2D eigenvalue weighted by atomic mass is 10.0. The van der Waals surface area contributed by atoms with Crippen molar-refractivity contribution in [2.45, 2.75) is 32.6 Å². The molecule has 2 unspecified atom stereocenters. The predicted octanol–water partition coefficient (Wildman–Crippen LogP) is 3.55. The molecular formula is C11H18. The first-order valence-electron chi connectivity index (χ1n) is 4.66. The van der Waals surface area contributed by atoms with E-state index in [1.165, 1.54) is 25.7 Å². The highest BCUT2D eigenvalue weighted by atomic mass is 14.2. The van der Waals surface area contributed by atoms with Crippen LogP contribution in [0.4, 0.5) is 0 Å². The Morgan fingerprint density at radius 3 is 2.64 bits per heavy atom. The van der Waals surface area contributed by atoms with E-state index in [2.05, 4.69) is 31.7 Å². The number of hydrogen-bond acceptors (Lipinski definition) is 0. The van der Waals surface area contributed by atoms with Crippen LogP contribution in [0.15, 0.2) is 24.8 Å². The quantitative estimate of drug-likeness (QED) is 0.540. The summed E-state index contributed by atoms with van der Waals surface area (Å²) in [7, 11) is 0. The largest absolute Gasteiger partial charge is 0.103 e. The molecule has 0 saturated heterocycles. The first-order chi connectivity index (χ1) is 5.36. The van der Waals surface area contributed by atoms with Gasteiger partial charge in [-0.1, -0.05) is 25.2 Å². The molecule has 0 amide bonds. The number of hydrogen-bond donors (Lipinski definition) is 0. The summed E-state index contributed by atoms with van der Waals surface area (Å²) in [6.45, 7) is 6.02. The van der Waals surface area contributed by atoms with E-state index in [1.54, 1.807) is 0 Å². The van der Waals surface area contributed by atoms with Gasteiger partial charge in [0, 0.05) is 0 Å². The van der Waals surface area contributed by atoms with E-state index in [0.717, 1.165) is 11.8 Å². The molecule has 11 heavy (non-hydrogen) atoms. The average molecular weight is 150 g/mol. The minimum Gasteiger partial charge on any atom is -0.103 e. The molecule has 1 fully saturated rings. The minimum absolute atomic E-state index is 0.793. The van der Waals surface area contributed by atoms with Gasteiger partial charge in [0.15, 0.2) is 0 Å². The molecule has 1 aliphatic carbocycles. The number of allylic oxidation sites excluding steroid dienone is 3. The first-order valence-corrected chi connectivity index (χ1v) is 4.66. The normalized spacial score (nSPS) is 31.4. The zero-order chi connectivity index (χ0) is 8.10. The summed E-state index contributed by atoms with van der Waals surface area (Å²) in [5, 5.41) is 0. The fraction of sp³-hybridized carbons (Fsp3) is 0.636. The lowest BCUT2D eigenvalue weighted by Crippen LogP contribution is -1.89. The van der Waals surface area contributed by atoms with Crippen molar-refractivity contribution in [2.24, 2.45) is 11.8 Å². The van der Waals surface area contributed by atoms with Crippen LogP contribution in [0.1, 0.15) is 32.6 Å². The van der Waals surface area contributed by atoms with Gasteiger partial charge in [0.25, 0.3) is 0 Å². The van der Waals surface area contributed by atoms with E-state index in [-0.39, 0.29) is 0 Å². The van der Waals surface area contributed by atoms with Gasteiger partial charge in [0.2, 0.25) is 0 Å². The second kappa shape index (κ2) is 4.38. The molecule has 0 aromatic carbocycles. The van der Waals surface area contributed by atoms with E-state index in [4.69, 9.17) is 0 Å². The molecule has 0 heteroatoms. The van der Waals surface area contributed by atoms with Crippen molar-refractivity contribution in [1.29, 1.82) is 0 Å². The van der Waals surface area contributed by atoms with E-state index in [9.17, 15) is 0 Å². The molecule has 1 aliphatic rings. The molecule has 0 aliphatic heterocycles. The zero-order valence-electron chi connectivity index (χ0n) is 7.42. The fourth-order valence-corrected chi connectivity index (χ4v) is 1.77. The third-order valence-electron chi connectivity index (χ3n) is 2.49. The molecule has 0 radical (unpaired) electrons. The van der Waals surface area contributed by atoms with Crippen LogP contribution in [0, 0.1) is 11.8 Å². The maximum Gasteiger partial charge on any atom is -0.0228 e. The second-order valence-electron chi connectivity index (χ2n) is 3.41. The van der Waals surface area contributed by atoms with E-state index in [1.807, 2.05) is 0 Å². The molecule has 0 bridgehead atoms. The van der Waals surface area contributed by atoms with Gasteiger partial charge in [-0.2, -0.15) is 0 Å².